The van der Waals surface area contributed by atoms with E-state index in [1.54, 1.807) is 12.1 Å². The number of hydrogen-bond acceptors (Lipinski definition) is 8. The Hall–Kier alpha value is -3.48. The molecule has 2 atom stereocenters. The van der Waals surface area contributed by atoms with Crippen molar-refractivity contribution in [1.82, 2.24) is 10.1 Å². The molecule has 3 aromatic rings. The number of benzene rings is 1. The number of carbonyl (C=O) groups is 1. The van der Waals surface area contributed by atoms with Crippen LogP contribution in [0.25, 0.3) is 11.1 Å². The molecule has 31 heavy (non-hydrogen) atoms. The van der Waals surface area contributed by atoms with E-state index in [0.717, 1.165) is 16.8 Å². The molecular formula is C22H23N5O4. The monoisotopic (exact) mass is 421 g/mol. The number of nitrogens with zero attached hydrogens (tertiary/aromatic N) is 4. The first-order valence-electron chi connectivity index (χ1n) is 10.0. The summed E-state index contributed by atoms with van der Waals surface area (Å²) in [5, 5.41) is 23.1. The van der Waals surface area contributed by atoms with Crippen LogP contribution in [0.4, 0.5) is 5.69 Å². The van der Waals surface area contributed by atoms with Gasteiger partial charge in [-0.05, 0) is 31.5 Å². The molecule has 160 valence electrons. The minimum atomic E-state index is -0.749. The van der Waals surface area contributed by atoms with Crippen molar-refractivity contribution >= 4 is 22.7 Å². The summed E-state index contributed by atoms with van der Waals surface area (Å²) in [6.45, 7) is 4.89. The highest BCUT2D eigenvalue weighted by Crippen LogP contribution is 2.36. The number of rotatable bonds is 5. The second-order valence-corrected chi connectivity index (χ2v) is 7.76. The minimum absolute atomic E-state index is 0.00958. The lowest BCUT2D eigenvalue weighted by atomic mass is 9.99. The number of anilines is 1. The number of amides is 1. The lowest BCUT2D eigenvalue weighted by Crippen LogP contribution is -2.46. The van der Waals surface area contributed by atoms with Gasteiger partial charge in [0.15, 0.2) is 11.3 Å². The lowest BCUT2D eigenvalue weighted by Gasteiger charge is -2.38. The molecule has 1 aromatic carbocycles. The second kappa shape index (κ2) is 8.34. The van der Waals surface area contributed by atoms with Gasteiger partial charge in [-0.3, -0.25) is 4.79 Å². The molecule has 9 nitrogen and oxygen atoms in total. The van der Waals surface area contributed by atoms with E-state index in [2.05, 4.69) is 21.1 Å². The highest BCUT2D eigenvalue weighted by molar-refractivity contribution is 6.03. The zero-order chi connectivity index (χ0) is 22.1. The van der Waals surface area contributed by atoms with Crippen molar-refractivity contribution in [3.05, 3.63) is 52.3 Å². The van der Waals surface area contributed by atoms with Gasteiger partial charge in [-0.2, -0.15) is 5.26 Å². The van der Waals surface area contributed by atoms with Crippen molar-refractivity contribution in [3.8, 4) is 6.07 Å². The van der Waals surface area contributed by atoms with Crippen molar-refractivity contribution in [2.24, 2.45) is 5.73 Å². The van der Waals surface area contributed by atoms with Crippen molar-refractivity contribution < 1.29 is 19.2 Å². The third-order valence-corrected chi connectivity index (χ3v) is 5.33. The number of ether oxygens (including phenoxy) is 1. The summed E-state index contributed by atoms with van der Waals surface area (Å²) in [7, 11) is 0. The molecule has 2 aromatic heterocycles. The van der Waals surface area contributed by atoms with Gasteiger partial charge in [0, 0.05) is 25.1 Å². The van der Waals surface area contributed by atoms with Gasteiger partial charge in [-0.15, -0.1) is 0 Å². The Bertz CT molecular complexity index is 1160. The van der Waals surface area contributed by atoms with E-state index in [4.69, 9.17) is 20.3 Å². The summed E-state index contributed by atoms with van der Waals surface area (Å²) < 4.78 is 11.4. The molecule has 4 rings (SSSR count). The van der Waals surface area contributed by atoms with Crippen LogP contribution in [0.3, 0.4) is 0 Å². The quantitative estimate of drug-likeness (QED) is 0.637. The number of hydrogen-bond donors (Lipinski definition) is 2. The number of carbonyl (C=O) groups excluding carboxylic acids is 1. The first-order chi connectivity index (χ1) is 14.9. The number of pyridine rings is 1. The van der Waals surface area contributed by atoms with Gasteiger partial charge in [0.05, 0.1) is 41.8 Å². The van der Waals surface area contributed by atoms with E-state index >= 15 is 0 Å². The zero-order valence-electron chi connectivity index (χ0n) is 17.3. The Labute approximate surface area is 179 Å². The van der Waals surface area contributed by atoms with Crippen LogP contribution in [0.2, 0.25) is 0 Å². The summed E-state index contributed by atoms with van der Waals surface area (Å²) in [6, 6.07) is 9.33. The van der Waals surface area contributed by atoms with Gasteiger partial charge in [0.2, 0.25) is 0 Å². The van der Waals surface area contributed by atoms with Crippen LogP contribution in [-0.2, 0) is 17.8 Å². The smallest absolute Gasteiger partial charge is 0.273 e. The second-order valence-electron chi connectivity index (χ2n) is 7.76. The van der Waals surface area contributed by atoms with Crippen molar-refractivity contribution in [2.45, 2.75) is 39.1 Å². The fourth-order valence-electron chi connectivity index (χ4n) is 4.13. The van der Waals surface area contributed by atoms with Crippen LogP contribution in [-0.4, -0.2) is 46.5 Å². The number of aromatic nitrogens is 2. The number of aliphatic hydroxyl groups excluding tert-OH is 1. The van der Waals surface area contributed by atoms with E-state index in [1.807, 2.05) is 26.0 Å². The standard InChI is InChI=1S/C22H23N5O4/c1-12-9-27(10-13(2)30-12)20-16(7-14-3-5-15(8-23)6-4-14)21-18(25-17(20)11-28)19(22(24)29)26-31-21/h3-6,12-13,28H,7,9-11H2,1-2H3,(H2,24,29)/t12-,13+. The summed E-state index contributed by atoms with van der Waals surface area (Å²) >= 11 is 0. The Morgan fingerprint density at radius 2 is 1.97 bits per heavy atom. The summed E-state index contributed by atoms with van der Waals surface area (Å²) in [5.41, 5.74) is 9.38. The number of primary amides is 1. The van der Waals surface area contributed by atoms with Crippen LogP contribution in [0.5, 0.6) is 0 Å². The van der Waals surface area contributed by atoms with Gasteiger partial charge in [-0.1, -0.05) is 17.3 Å². The van der Waals surface area contributed by atoms with E-state index < -0.39 is 5.91 Å². The topological polar surface area (TPSA) is 138 Å². The molecule has 9 heteroatoms. The van der Waals surface area contributed by atoms with Gasteiger partial charge in [0.25, 0.3) is 5.91 Å². The van der Waals surface area contributed by atoms with Crippen LogP contribution in [0.1, 0.15) is 46.7 Å². The number of aliphatic hydroxyl groups is 1. The number of fused-ring (bicyclic) bond motifs is 1. The number of morpholine rings is 1. The highest BCUT2D eigenvalue weighted by atomic mass is 16.5. The third-order valence-electron chi connectivity index (χ3n) is 5.33. The number of nitrogens with two attached hydrogens (primary N) is 1. The van der Waals surface area contributed by atoms with E-state index in [-0.39, 0.29) is 30.0 Å². The molecule has 1 aliphatic heterocycles. The predicted molar refractivity (Wildman–Crippen MR) is 112 cm³/mol. The Kier molecular flexibility index (Phi) is 5.59. The maximum atomic E-state index is 11.8. The zero-order valence-corrected chi connectivity index (χ0v) is 17.3. The summed E-state index contributed by atoms with van der Waals surface area (Å²) in [5.74, 6) is -0.749. The summed E-state index contributed by atoms with van der Waals surface area (Å²) in [6.07, 6.45) is 0.412. The molecule has 1 fully saturated rings. The Morgan fingerprint density at radius 1 is 1.29 bits per heavy atom. The van der Waals surface area contributed by atoms with Crippen LogP contribution >= 0.6 is 0 Å². The van der Waals surface area contributed by atoms with Crippen LogP contribution in [0, 0.1) is 11.3 Å². The van der Waals surface area contributed by atoms with Gasteiger partial charge < -0.3 is 25.0 Å². The normalized spacial score (nSPS) is 18.8. The molecule has 0 radical (unpaired) electrons. The largest absolute Gasteiger partial charge is 0.390 e. The summed E-state index contributed by atoms with van der Waals surface area (Å²) in [4.78, 5) is 18.5. The first kappa shape index (κ1) is 20.8. The fraction of sp³-hybridized carbons (Fsp3) is 0.364. The average molecular weight is 421 g/mol. The van der Waals surface area contributed by atoms with Crippen molar-refractivity contribution in [2.75, 3.05) is 18.0 Å². The maximum absolute atomic E-state index is 11.8. The fourth-order valence-corrected chi connectivity index (χ4v) is 4.13. The molecule has 3 heterocycles. The van der Waals surface area contributed by atoms with Gasteiger partial charge >= 0.3 is 0 Å². The molecule has 0 spiro atoms. The third kappa shape index (κ3) is 3.95. The first-order valence-corrected chi connectivity index (χ1v) is 10.0. The molecule has 0 saturated carbocycles. The van der Waals surface area contributed by atoms with Crippen molar-refractivity contribution in [3.63, 3.8) is 0 Å². The van der Waals surface area contributed by atoms with E-state index in [0.29, 0.717) is 36.4 Å². The van der Waals surface area contributed by atoms with Crippen LogP contribution < -0.4 is 10.6 Å². The minimum Gasteiger partial charge on any atom is -0.390 e. The molecule has 1 aliphatic rings. The average Bonchev–Trinajstić information content (AvgIpc) is 3.17. The lowest BCUT2D eigenvalue weighted by molar-refractivity contribution is -0.00538. The Morgan fingerprint density at radius 3 is 2.55 bits per heavy atom. The molecule has 0 unspecified atom stereocenters. The van der Waals surface area contributed by atoms with Crippen molar-refractivity contribution in [1.29, 1.82) is 5.26 Å². The maximum Gasteiger partial charge on any atom is 0.273 e. The highest BCUT2D eigenvalue weighted by Gasteiger charge is 2.30. The molecule has 0 bridgehead atoms. The SMILES string of the molecule is C[C@@H]1CN(c2c(CO)nc3c(C(N)=O)noc3c2Cc2ccc(C#N)cc2)C[C@H](C)O1. The molecule has 0 aliphatic carbocycles. The van der Waals surface area contributed by atoms with Gasteiger partial charge in [-0.25, -0.2) is 4.98 Å². The Balaban J connectivity index is 1.92. The van der Waals surface area contributed by atoms with E-state index in [1.165, 1.54) is 0 Å². The molecule has 1 saturated heterocycles. The molecule has 3 N–H and O–H groups in total. The molecular weight excluding hydrogens is 398 g/mol. The van der Waals surface area contributed by atoms with Crippen LogP contribution in [0.15, 0.2) is 28.8 Å². The number of nitriles is 1. The van der Waals surface area contributed by atoms with Gasteiger partial charge in [0.1, 0.15) is 5.52 Å². The van der Waals surface area contributed by atoms with E-state index in [9.17, 15) is 9.90 Å². The predicted octanol–water partition coefficient (Wildman–Crippen LogP) is 1.89. The molecule has 1 amide bonds.